The number of aromatic nitrogens is 1. The Labute approximate surface area is 180 Å². The molecular formula is C22H26IrNO3Si-. The van der Waals surface area contributed by atoms with Crippen LogP contribution >= 0.6 is 0 Å². The summed E-state index contributed by atoms with van der Waals surface area (Å²) in [7, 11) is 0.503. The molecule has 0 atom stereocenters. The van der Waals surface area contributed by atoms with E-state index in [-0.39, 0.29) is 20.1 Å². The molecular weight excluding hydrogens is 547 g/mol. The molecule has 0 aliphatic heterocycles. The van der Waals surface area contributed by atoms with Gasteiger partial charge >= 0.3 is 0 Å². The van der Waals surface area contributed by atoms with E-state index < -0.39 is 8.07 Å². The molecule has 1 radical (unpaired) electrons. The maximum Gasteiger partial charge on any atom is 0.134 e. The van der Waals surface area contributed by atoms with Crippen LogP contribution in [0.4, 0.5) is 0 Å². The maximum absolute atomic E-state index is 7.00. The third-order valence-corrected chi connectivity index (χ3v) is 6.22. The third-order valence-electron chi connectivity index (χ3n) is 4.19. The number of hydrogen-bond donors (Lipinski definition) is 2. The molecule has 2 aromatic heterocycles. The first-order chi connectivity index (χ1) is 13.1. The van der Waals surface area contributed by atoms with Crippen molar-refractivity contribution in [3.05, 3.63) is 60.8 Å². The standard InChI is InChI=1S/C20H18NOSi.2CH4O.Ir/c1-23(2,3)18-11-7-5-9-15(18)20-19-14-8-4-6-10-16(14)22-17(19)12-13-21-20;2*1-2;/h4-8,10-13H,1-3H3;2*2H,1H3;/q-1;;;. The molecule has 0 saturated carbocycles. The van der Waals surface area contributed by atoms with Crippen LogP contribution in [0.25, 0.3) is 33.2 Å². The van der Waals surface area contributed by atoms with Crippen LogP contribution in [0.5, 0.6) is 0 Å². The summed E-state index contributed by atoms with van der Waals surface area (Å²) >= 11 is 0. The summed E-state index contributed by atoms with van der Waals surface area (Å²) in [5.41, 5.74) is 3.88. The van der Waals surface area contributed by atoms with Gasteiger partial charge in [0.15, 0.2) is 0 Å². The number of aliphatic hydroxyl groups excluding tert-OH is 2. The second-order valence-electron chi connectivity index (χ2n) is 6.84. The Kier molecular flexibility index (Phi) is 9.21. The van der Waals surface area contributed by atoms with Crippen molar-refractivity contribution in [3.63, 3.8) is 0 Å². The monoisotopic (exact) mass is 573 g/mol. The van der Waals surface area contributed by atoms with Crippen LogP contribution in [0.15, 0.2) is 59.1 Å². The molecule has 6 heteroatoms. The molecule has 2 aromatic carbocycles. The maximum atomic E-state index is 7.00. The van der Waals surface area contributed by atoms with Gasteiger partial charge in [-0.2, -0.15) is 0 Å². The van der Waals surface area contributed by atoms with Crippen LogP contribution in [-0.2, 0) is 20.1 Å². The SMILES string of the molecule is CO.CO.C[Si](C)(C)c1ccc[c-]c1-c1nccc2oc3ccccc3c12.[Ir]. The van der Waals surface area contributed by atoms with Gasteiger partial charge in [-0.15, -0.1) is 35.0 Å². The summed E-state index contributed by atoms with van der Waals surface area (Å²) in [4.78, 5) is 4.70. The Morgan fingerprint density at radius 3 is 2.25 bits per heavy atom. The van der Waals surface area contributed by atoms with Crippen molar-refractivity contribution in [2.45, 2.75) is 19.6 Å². The van der Waals surface area contributed by atoms with Crippen LogP contribution < -0.4 is 5.19 Å². The van der Waals surface area contributed by atoms with E-state index in [4.69, 9.17) is 19.6 Å². The number of furan rings is 1. The van der Waals surface area contributed by atoms with Crippen LogP contribution in [0.1, 0.15) is 0 Å². The van der Waals surface area contributed by atoms with E-state index in [0.717, 1.165) is 47.4 Å². The fraction of sp³-hybridized carbons (Fsp3) is 0.227. The van der Waals surface area contributed by atoms with Gasteiger partial charge in [0.25, 0.3) is 0 Å². The first-order valence-electron chi connectivity index (χ1n) is 8.73. The van der Waals surface area contributed by atoms with Crippen molar-refractivity contribution >= 4 is 35.2 Å². The second-order valence-corrected chi connectivity index (χ2v) is 11.9. The molecule has 0 unspecified atom stereocenters. The Balaban J connectivity index is 0.000000739. The molecule has 0 aliphatic rings. The summed E-state index contributed by atoms with van der Waals surface area (Å²) in [6, 6.07) is 19.8. The van der Waals surface area contributed by atoms with Gasteiger partial charge in [0.05, 0.1) is 0 Å². The van der Waals surface area contributed by atoms with Gasteiger partial charge in [-0.1, -0.05) is 37.8 Å². The normalized spacial score (nSPS) is 10.4. The van der Waals surface area contributed by atoms with E-state index in [0.29, 0.717) is 0 Å². The first kappa shape index (κ1) is 24.2. The van der Waals surface area contributed by atoms with Gasteiger partial charge in [0.2, 0.25) is 0 Å². The number of para-hydroxylation sites is 1. The van der Waals surface area contributed by atoms with E-state index in [9.17, 15) is 0 Å². The topological polar surface area (TPSA) is 66.5 Å². The summed E-state index contributed by atoms with van der Waals surface area (Å²) in [6.07, 6.45) is 1.83. The molecule has 0 aliphatic carbocycles. The Morgan fingerprint density at radius 1 is 0.893 bits per heavy atom. The van der Waals surface area contributed by atoms with Crippen LogP contribution in [0.3, 0.4) is 0 Å². The van der Waals surface area contributed by atoms with Crippen molar-refractivity contribution in [1.82, 2.24) is 4.98 Å². The van der Waals surface area contributed by atoms with Crippen molar-refractivity contribution in [2.75, 3.05) is 14.2 Å². The molecule has 4 nitrogen and oxygen atoms in total. The van der Waals surface area contributed by atoms with Gasteiger partial charge in [-0.05, 0) is 17.8 Å². The minimum absolute atomic E-state index is 0. The van der Waals surface area contributed by atoms with Crippen LogP contribution in [0, 0.1) is 6.07 Å². The minimum Gasteiger partial charge on any atom is -0.457 e. The van der Waals surface area contributed by atoms with Crippen molar-refractivity contribution in [2.24, 2.45) is 0 Å². The number of rotatable bonds is 2. The summed E-state index contributed by atoms with van der Waals surface area (Å²) in [5, 5.41) is 17.6. The second kappa shape index (κ2) is 10.6. The molecule has 0 amide bonds. The van der Waals surface area contributed by atoms with Crippen molar-refractivity contribution in [3.8, 4) is 11.3 Å². The van der Waals surface area contributed by atoms with E-state index in [1.807, 2.05) is 36.5 Å². The van der Waals surface area contributed by atoms with Crippen molar-refractivity contribution in [1.29, 1.82) is 0 Å². The van der Waals surface area contributed by atoms with E-state index in [1.54, 1.807) is 0 Å². The zero-order valence-corrected chi connectivity index (χ0v) is 20.2. The Morgan fingerprint density at radius 2 is 1.57 bits per heavy atom. The molecule has 0 bridgehead atoms. The number of aliphatic hydroxyl groups is 2. The molecule has 28 heavy (non-hydrogen) atoms. The molecule has 0 spiro atoms. The third kappa shape index (κ3) is 4.77. The zero-order valence-electron chi connectivity index (χ0n) is 16.8. The summed E-state index contributed by atoms with van der Waals surface area (Å²) in [6.45, 7) is 7.06. The zero-order chi connectivity index (χ0) is 20.0. The van der Waals surface area contributed by atoms with Gasteiger partial charge in [0, 0.05) is 59.4 Å². The quantitative estimate of drug-likeness (QED) is 0.279. The predicted octanol–water partition coefficient (Wildman–Crippen LogP) is 4.21. The number of fused-ring (bicyclic) bond motifs is 3. The van der Waals surface area contributed by atoms with E-state index in [1.165, 1.54) is 5.19 Å². The van der Waals surface area contributed by atoms with Gasteiger partial charge < -0.3 is 19.6 Å². The molecule has 0 fully saturated rings. The number of hydrogen-bond acceptors (Lipinski definition) is 4. The molecule has 4 rings (SSSR count). The van der Waals surface area contributed by atoms with Crippen LogP contribution in [0.2, 0.25) is 19.6 Å². The minimum atomic E-state index is -1.50. The summed E-state index contributed by atoms with van der Waals surface area (Å²) < 4.78 is 6.00. The average molecular weight is 573 g/mol. The van der Waals surface area contributed by atoms with E-state index in [2.05, 4.69) is 43.9 Å². The molecule has 2 N–H and O–H groups in total. The fourth-order valence-corrected chi connectivity index (χ4v) is 4.65. The average Bonchev–Trinajstić information content (AvgIpc) is 3.09. The molecule has 4 aromatic rings. The molecule has 151 valence electrons. The number of benzene rings is 2. The molecule has 2 heterocycles. The first-order valence-corrected chi connectivity index (χ1v) is 12.2. The predicted molar refractivity (Wildman–Crippen MR) is 115 cm³/mol. The van der Waals surface area contributed by atoms with Gasteiger partial charge in [0.1, 0.15) is 11.2 Å². The van der Waals surface area contributed by atoms with E-state index >= 15 is 0 Å². The summed E-state index contributed by atoms with van der Waals surface area (Å²) in [5.74, 6) is 0. The Hall–Kier alpha value is -1.82. The van der Waals surface area contributed by atoms with Gasteiger partial charge in [-0.25, -0.2) is 0 Å². The number of pyridine rings is 1. The molecule has 0 saturated heterocycles. The number of nitrogens with zero attached hydrogens (tertiary/aromatic N) is 1. The van der Waals surface area contributed by atoms with Gasteiger partial charge in [-0.3, -0.25) is 0 Å². The smallest absolute Gasteiger partial charge is 0.134 e. The fourth-order valence-electron chi connectivity index (χ4n) is 3.12. The Bertz CT molecular complexity index is 1030. The largest absolute Gasteiger partial charge is 0.457 e. The van der Waals surface area contributed by atoms with Crippen LogP contribution in [-0.4, -0.2) is 37.5 Å². The van der Waals surface area contributed by atoms with Crippen molar-refractivity contribution < 1.29 is 34.7 Å².